The van der Waals surface area contributed by atoms with Crippen molar-refractivity contribution in [2.75, 3.05) is 4.90 Å². The number of aliphatic imine (C=N–C) groups is 1. The smallest absolute Gasteiger partial charge is 0.271 e. The summed E-state index contributed by atoms with van der Waals surface area (Å²) in [6.07, 6.45) is 1.87. The van der Waals surface area contributed by atoms with Crippen LogP contribution in [0.4, 0.5) is 11.4 Å². The first-order valence-electron chi connectivity index (χ1n) is 11.2. The van der Waals surface area contributed by atoms with Gasteiger partial charge in [0.05, 0.1) is 20.8 Å². The van der Waals surface area contributed by atoms with Crippen molar-refractivity contribution in [2.45, 2.75) is 6.61 Å². The lowest BCUT2D eigenvalue weighted by atomic mass is 10.2. The van der Waals surface area contributed by atoms with Gasteiger partial charge in [-0.05, 0) is 81.8 Å². The lowest BCUT2D eigenvalue weighted by Gasteiger charge is -2.15. The second-order valence-electron chi connectivity index (χ2n) is 7.89. The van der Waals surface area contributed by atoms with Crippen LogP contribution in [-0.4, -0.2) is 11.1 Å². The fourth-order valence-corrected chi connectivity index (χ4v) is 5.31. The second kappa shape index (κ2) is 11.2. The van der Waals surface area contributed by atoms with E-state index in [4.69, 9.17) is 21.3 Å². The molecule has 4 aromatic rings. The number of amidine groups is 1. The van der Waals surface area contributed by atoms with Gasteiger partial charge in [0, 0.05) is 10.6 Å². The Morgan fingerprint density at radius 2 is 1.61 bits per heavy atom. The largest absolute Gasteiger partial charge is 0.488 e. The van der Waals surface area contributed by atoms with Crippen LogP contribution in [0, 0.1) is 0 Å². The van der Waals surface area contributed by atoms with Crippen molar-refractivity contribution < 1.29 is 9.53 Å². The van der Waals surface area contributed by atoms with Gasteiger partial charge in [0.25, 0.3) is 5.91 Å². The molecule has 0 unspecified atom stereocenters. The van der Waals surface area contributed by atoms with Crippen molar-refractivity contribution in [2.24, 2.45) is 4.99 Å². The lowest BCUT2D eigenvalue weighted by Crippen LogP contribution is -2.28. The number of para-hydroxylation sites is 2. The number of anilines is 1. The molecule has 7 heteroatoms. The molecule has 1 heterocycles. The van der Waals surface area contributed by atoms with Gasteiger partial charge in [-0.2, -0.15) is 0 Å². The average Bonchev–Trinajstić information content (AvgIpc) is 3.19. The van der Waals surface area contributed by atoms with E-state index in [0.717, 1.165) is 27.0 Å². The summed E-state index contributed by atoms with van der Waals surface area (Å²) in [7, 11) is 0. The van der Waals surface area contributed by atoms with Crippen LogP contribution in [0.2, 0.25) is 5.02 Å². The predicted octanol–water partition coefficient (Wildman–Crippen LogP) is 8.49. The lowest BCUT2D eigenvalue weighted by molar-refractivity contribution is -0.113. The summed E-state index contributed by atoms with van der Waals surface area (Å²) in [6, 6.07) is 32.5. The molecular weight excluding hydrogens is 556 g/mol. The molecule has 0 radical (unpaired) electrons. The quantitative estimate of drug-likeness (QED) is 0.217. The SMILES string of the molecule is O=C1/C(=C\c2ccc(OCc3ccccc3Cl)c(Br)c2)SC(=Nc2ccccc2)N1c1ccccc1. The van der Waals surface area contributed by atoms with Crippen molar-refractivity contribution >= 4 is 67.8 Å². The fraction of sp³-hybridized carbons (Fsp3) is 0.0345. The Morgan fingerprint density at radius 3 is 2.33 bits per heavy atom. The maximum Gasteiger partial charge on any atom is 0.271 e. The second-order valence-corrected chi connectivity index (χ2v) is 10.2. The van der Waals surface area contributed by atoms with Crippen molar-refractivity contribution in [1.82, 2.24) is 0 Å². The zero-order chi connectivity index (χ0) is 24.9. The van der Waals surface area contributed by atoms with E-state index in [1.54, 1.807) is 4.90 Å². The first-order chi connectivity index (χ1) is 17.6. The van der Waals surface area contributed by atoms with Crippen molar-refractivity contribution in [3.8, 4) is 5.75 Å². The Bertz CT molecular complexity index is 1460. The van der Waals surface area contributed by atoms with Crippen LogP contribution in [0.3, 0.4) is 0 Å². The van der Waals surface area contributed by atoms with Gasteiger partial charge in [0.2, 0.25) is 0 Å². The van der Waals surface area contributed by atoms with E-state index in [0.29, 0.717) is 27.5 Å². The van der Waals surface area contributed by atoms with E-state index < -0.39 is 0 Å². The number of hydrogen-bond donors (Lipinski definition) is 0. The molecule has 1 aliphatic heterocycles. The summed E-state index contributed by atoms with van der Waals surface area (Å²) in [5.74, 6) is 0.579. The molecule has 0 saturated carbocycles. The molecule has 0 N–H and O–H groups in total. The summed E-state index contributed by atoms with van der Waals surface area (Å²) in [5, 5.41) is 1.28. The molecule has 0 atom stereocenters. The van der Waals surface area contributed by atoms with E-state index in [1.807, 2.05) is 109 Å². The molecule has 4 nitrogen and oxygen atoms in total. The minimum Gasteiger partial charge on any atom is -0.488 e. The topological polar surface area (TPSA) is 41.9 Å². The normalized spacial score (nSPS) is 15.6. The van der Waals surface area contributed by atoms with Gasteiger partial charge in [-0.15, -0.1) is 0 Å². The summed E-state index contributed by atoms with van der Waals surface area (Å²) < 4.78 is 6.75. The minimum atomic E-state index is -0.115. The summed E-state index contributed by atoms with van der Waals surface area (Å²) >= 11 is 11.2. The van der Waals surface area contributed by atoms with Gasteiger partial charge in [0.1, 0.15) is 12.4 Å². The molecule has 1 saturated heterocycles. The molecule has 36 heavy (non-hydrogen) atoms. The highest BCUT2D eigenvalue weighted by Crippen LogP contribution is 2.38. The van der Waals surface area contributed by atoms with Crippen LogP contribution >= 0.6 is 39.3 Å². The minimum absolute atomic E-state index is 0.115. The number of benzene rings is 4. The van der Waals surface area contributed by atoms with Crippen LogP contribution in [0.5, 0.6) is 5.75 Å². The van der Waals surface area contributed by atoms with Crippen LogP contribution in [0.25, 0.3) is 6.08 Å². The number of thioether (sulfide) groups is 1. The van der Waals surface area contributed by atoms with Crippen LogP contribution in [0.15, 0.2) is 117 Å². The summed E-state index contributed by atoms with van der Waals surface area (Å²) in [6.45, 7) is 0.360. The third kappa shape index (κ3) is 5.57. The number of rotatable bonds is 6. The average molecular weight is 576 g/mol. The highest BCUT2D eigenvalue weighted by molar-refractivity contribution is 9.10. The third-order valence-corrected chi connectivity index (χ3v) is 7.35. The Morgan fingerprint density at radius 1 is 0.917 bits per heavy atom. The zero-order valence-corrected chi connectivity index (χ0v) is 22.1. The van der Waals surface area contributed by atoms with Gasteiger partial charge in [0.15, 0.2) is 5.17 Å². The highest BCUT2D eigenvalue weighted by Gasteiger charge is 2.34. The third-order valence-electron chi connectivity index (χ3n) is 5.40. The van der Waals surface area contributed by atoms with Gasteiger partial charge in [-0.1, -0.05) is 72.3 Å². The predicted molar refractivity (Wildman–Crippen MR) is 153 cm³/mol. The zero-order valence-electron chi connectivity index (χ0n) is 19.0. The van der Waals surface area contributed by atoms with Crippen LogP contribution in [0.1, 0.15) is 11.1 Å². The first kappa shape index (κ1) is 24.4. The molecule has 0 aliphatic carbocycles. The molecule has 0 aromatic heterocycles. The number of amides is 1. The van der Waals surface area contributed by atoms with E-state index >= 15 is 0 Å². The molecule has 5 rings (SSSR count). The van der Waals surface area contributed by atoms with E-state index in [-0.39, 0.29) is 5.91 Å². The van der Waals surface area contributed by atoms with Gasteiger partial charge >= 0.3 is 0 Å². The number of ether oxygens (including phenoxy) is 1. The van der Waals surface area contributed by atoms with Crippen molar-refractivity contribution in [1.29, 1.82) is 0 Å². The number of hydrogen-bond acceptors (Lipinski definition) is 4. The molecule has 1 fully saturated rings. The summed E-state index contributed by atoms with van der Waals surface area (Å²) in [4.78, 5) is 20.5. The Balaban J connectivity index is 1.41. The number of carbonyl (C=O) groups is 1. The molecule has 1 amide bonds. The van der Waals surface area contributed by atoms with Gasteiger partial charge < -0.3 is 4.74 Å². The van der Waals surface area contributed by atoms with Gasteiger partial charge in [-0.25, -0.2) is 4.99 Å². The molecule has 0 spiro atoms. The maximum atomic E-state index is 13.5. The Labute approximate surface area is 227 Å². The van der Waals surface area contributed by atoms with E-state index in [2.05, 4.69) is 15.9 Å². The highest BCUT2D eigenvalue weighted by atomic mass is 79.9. The van der Waals surface area contributed by atoms with Crippen LogP contribution in [-0.2, 0) is 11.4 Å². The molecule has 1 aliphatic rings. The van der Waals surface area contributed by atoms with E-state index in [1.165, 1.54) is 11.8 Å². The molecular formula is C29H20BrClN2O2S. The van der Waals surface area contributed by atoms with Gasteiger partial charge in [-0.3, -0.25) is 9.69 Å². The Hall–Kier alpha value is -3.32. The monoisotopic (exact) mass is 574 g/mol. The Kier molecular flexibility index (Phi) is 7.56. The molecule has 178 valence electrons. The van der Waals surface area contributed by atoms with Crippen LogP contribution < -0.4 is 9.64 Å². The maximum absolute atomic E-state index is 13.5. The molecule has 0 bridgehead atoms. The van der Waals surface area contributed by atoms with E-state index in [9.17, 15) is 4.79 Å². The summed E-state index contributed by atoms with van der Waals surface area (Å²) in [5.41, 5.74) is 3.35. The van der Waals surface area contributed by atoms with Crippen molar-refractivity contribution in [3.05, 3.63) is 129 Å². The number of halogens is 2. The number of nitrogens with zero attached hydrogens (tertiary/aromatic N) is 2. The standard InChI is InChI=1S/C29H20BrClN2O2S/c30-24-17-20(15-16-26(24)35-19-21-9-7-8-14-25(21)31)18-27-28(34)33(23-12-5-2-6-13-23)29(36-27)32-22-10-3-1-4-11-22/h1-18H,19H2/b27-18+,32-29?. The van der Waals surface area contributed by atoms with Crippen molar-refractivity contribution in [3.63, 3.8) is 0 Å². The number of carbonyl (C=O) groups excluding carboxylic acids is 1. The fourth-order valence-electron chi connectivity index (χ4n) is 3.61. The first-order valence-corrected chi connectivity index (χ1v) is 13.2. The molecule has 4 aromatic carbocycles.